The Hall–Kier alpha value is -0.870. The van der Waals surface area contributed by atoms with E-state index in [4.69, 9.17) is 5.11 Å². The maximum atomic E-state index is 8.87. The van der Waals surface area contributed by atoms with Crippen molar-refractivity contribution < 1.29 is 5.11 Å². The van der Waals surface area contributed by atoms with Gasteiger partial charge in [-0.05, 0) is 32.0 Å². The minimum absolute atomic E-state index is 0.0535. The monoisotopic (exact) mass is 181 g/mol. The lowest BCUT2D eigenvalue weighted by atomic mass is 9.95. The van der Waals surface area contributed by atoms with Crippen molar-refractivity contribution in [1.82, 2.24) is 15.5 Å². The number of hydrogen-bond donors (Lipinski definition) is 3. The molecule has 0 unspecified atom stereocenters. The zero-order valence-electron chi connectivity index (χ0n) is 7.58. The Morgan fingerprint density at radius 2 is 2.23 bits per heavy atom. The Balaban J connectivity index is 2.05. The van der Waals surface area contributed by atoms with Crippen molar-refractivity contribution >= 4 is 0 Å². The van der Waals surface area contributed by atoms with Crippen LogP contribution in [-0.2, 0) is 6.61 Å². The van der Waals surface area contributed by atoms with Gasteiger partial charge in [-0.25, -0.2) is 0 Å². The summed E-state index contributed by atoms with van der Waals surface area (Å²) in [6.07, 6.45) is 2.30. The van der Waals surface area contributed by atoms with E-state index < -0.39 is 0 Å². The standard InChI is InChI=1S/C9H15N3O/c13-6-8-5-9(12-11-8)7-1-3-10-4-2-7/h5,7,10,13H,1-4,6H2,(H,11,12). The lowest BCUT2D eigenvalue weighted by molar-refractivity contribution is 0.276. The first-order chi connectivity index (χ1) is 6.40. The third-order valence-corrected chi connectivity index (χ3v) is 2.58. The molecule has 0 radical (unpaired) electrons. The van der Waals surface area contributed by atoms with Gasteiger partial charge in [0.1, 0.15) is 0 Å². The summed E-state index contributed by atoms with van der Waals surface area (Å²) >= 11 is 0. The third-order valence-electron chi connectivity index (χ3n) is 2.58. The topological polar surface area (TPSA) is 60.9 Å². The Labute approximate surface area is 77.4 Å². The summed E-state index contributed by atoms with van der Waals surface area (Å²) in [5.41, 5.74) is 1.92. The van der Waals surface area contributed by atoms with Crippen LogP contribution in [0.25, 0.3) is 0 Å². The summed E-state index contributed by atoms with van der Waals surface area (Å²) in [5, 5.41) is 19.2. The van der Waals surface area contributed by atoms with Gasteiger partial charge in [0.25, 0.3) is 0 Å². The fourth-order valence-corrected chi connectivity index (χ4v) is 1.79. The van der Waals surface area contributed by atoms with Gasteiger partial charge in [0.15, 0.2) is 0 Å². The second-order valence-electron chi connectivity index (χ2n) is 3.50. The highest BCUT2D eigenvalue weighted by Gasteiger charge is 2.17. The van der Waals surface area contributed by atoms with E-state index in [0.29, 0.717) is 5.92 Å². The predicted molar refractivity (Wildman–Crippen MR) is 49.4 cm³/mol. The first-order valence-corrected chi connectivity index (χ1v) is 4.76. The predicted octanol–water partition coefficient (Wildman–Crippen LogP) is 0.369. The second-order valence-corrected chi connectivity index (χ2v) is 3.50. The first kappa shape index (κ1) is 8.72. The number of piperidine rings is 1. The lowest BCUT2D eigenvalue weighted by Gasteiger charge is -2.20. The number of aromatic amines is 1. The highest BCUT2D eigenvalue weighted by molar-refractivity contribution is 5.13. The molecule has 3 N–H and O–H groups in total. The van der Waals surface area contributed by atoms with Gasteiger partial charge in [-0.15, -0.1) is 0 Å². The minimum Gasteiger partial charge on any atom is -0.390 e. The maximum Gasteiger partial charge on any atom is 0.0847 e. The largest absolute Gasteiger partial charge is 0.390 e. The van der Waals surface area contributed by atoms with Gasteiger partial charge in [0, 0.05) is 5.92 Å². The Kier molecular flexibility index (Phi) is 2.61. The van der Waals surface area contributed by atoms with Crippen molar-refractivity contribution in [2.75, 3.05) is 13.1 Å². The van der Waals surface area contributed by atoms with Gasteiger partial charge in [-0.2, -0.15) is 5.10 Å². The van der Waals surface area contributed by atoms with Gasteiger partial charge in [-0.3, -0.25) is 5.10 Å². The number of aromatic nitrogens is 2. The molecule has 1 saturated heterocycles. The van der Waals surface area contributed by atoms with Crippen molar-refractivity contribution in [1.29, 1.82) is 0 Å². The number of hydrogen-bond acceptors (Lipinski definition) is 3. The van der Waals surface area contributed by atoms with Crippen molar-refractivity contribution in [3.8, 4) is 0 Å². The lowest BCUT2D eigenvalue weighted by Crippen LogP contribution is -2.26. The van der Waals surface area contributed by atoms with Gasteiger partial charge >= 0.3 is 0 Å². The molecule has 1 aromatic heterocycles. The molecule has 0 atom stereocenters. The summed E-state index contributed by atoms with van der Waals surface area (Å²) in [7, 11) is 0. The average molecular weight is 181 g/mol. The molecule has 0 saturated carbocycles. The molecule has 2 rings (SSSR count). The van der Waals surface area contributed by atoms with E-state index in [9.17, 15) is 0 Å². The van der Waals surface area contributed by atoms with Gasteiger partial charge < -0.3 is 10.4 Å². The maximum absolute atomic E-state index is 8.87. The molecule has 1 aromatic rings. The molecular formula is C9H15N3O. The number of nitrogens with one attached hydrogen (secondary N) is 2. The molecule has 4 nitrogen and oxygen atoms in total. The van der Waals surface area contributed by atoms with Crippen LogP contribution in [0.4, 0.5) is 0 Å². The van der Waals surface area contributed by atoms with Crippen LogP contribution in [-0.4, -0.2) is 28.4 Å². The molecule has 1 aliphatic rings. The smallest absolute Gasteiger partial charge is 0.0847 e. The molecule has 72 valence electrons. The molecule has 0 spiro atoms. The summed E-state index contributed by atoms with van der Waals surface area (Å²) in [5.74, 6) is 0.567. The zero-order chi connectivity index (χ0) is 9.10. The summed E-state index contributed by atoms with van der Waals surface area (Å²) in [4.78, 5) is 0. The minimum atomic E-state index is 0.0535. The van der Waals surface area contributed by atoms with Crippen molar-refractivity contribution in [2.45, 2.75) is 25.4 Å². The normalized spacial score (nSPS) is 19.2. The van der Waals surface area contributed by atoms with E-state index in [-0.39, 0.29) is 6.61 Å². The van der Waals surface area contributed by atoms with E-state index in [1.165, 1.54) is 0 Å². The highest BCUT2D eigenvalue weighted by Crippen LogP contribution is 2.23. The van der Waals surface area contributed by atoms with E-state index in [1.54, 1.807) is 0 Å². The van der Waals surface area contributed by atoms with E-state index in [1.807, 2.05) is 6.07 Å². The number of aliphatic hydroxyl groups is 1. The van der Waals surface area contributed by atoms with E-state index in [0.717, 1.165) is 37.3 Å². The van der Waals surface area contributed by atoms with Crippen LogP contribution in [0.5, 0.6) is 0 Å². The van der Waals surface area contributed by atoms with Gasteiger partial charge in [0.2, 0.25) is 0 Å². The summed E-state index contributed by atoms with van der Waals surface area (Å²) < 4.78 is 0. The summed E-state index contributed by atoms with van der Waals surface area (Å²) in [6.45, 7) is 2.20. The fraction of sp³-hybridized carbons (Fsp3) is 0.667. The molecule has 0 bridgehead atoms. The number of H-pyrrole nitrogens is 1. The Morgan fingerprint density at radius 1 is 1.46 bits per heavy atom. The van der Waals surface area contributed by atoms with Crippen LogP contribution >= 0.6 is 0 Å². The average Bonchev–Trinajstić information content (AvgIpc) is 2.67. The molecule has 0 aliphatic carbocycles. The Morgan fingerprint density at radius 3 is 2.85 bits per heavy atom. The quantitative estimate of drug-likeness (QED) is 0.617. The molecule has 4 heteroatoms. The number of nitrogens with zero attached hydrogens (tertiary/aromatic N) is 1. The van der Waals surface area contributed by atoms with Gasteiger partial charge in [0.05, 0.1) is 18.0 Å². The molecule has 1 fully saturated rings. The SMILES string of the molecule is OCc1cc(C2CCNCC2)n[nH]1. The fourth-order valence-electron chi connectivity index (χ4n) is 1.79. The number of rotatable bonds is 2. The van der Waals surface area contributed by atoms with Crippen LogP contribution < -0.4 is 5.32 Å². The van der Waals surface area contributed by atoms with Crippen molar-refractivity contribution in [2.24, 2.45) is 0 Å². The van der Waals surface area contributed by atoms with Crippen molar-refractivity contribution in [3.05, 3.63) is 17.5 Å². The first-order valence-electron chi connectivity index (χ1n) is 4.76. The summed E-state index contributed by atoms with van der Waals surface area (Å²) in [6, 6.07) is 1.97. The zero-order valence-corrected chi connectivity index (χ0v) is 7.58. The van der Waals surface area contributed by atoms with Crippen LogP contribution in [0, 0.1) is 0 Å². The number of aliphatic hydroxyl groups excluding tert-OH is 1. The van der Waals surface area contributed by atoms with Crippen LogP contribution in [0.15, 0.2) is 6.07 Å². The van der Waals surface area contributed by atoms with E-state index in [2.05, 4.69) is 15.5 Å². The van der Waals surface area contributed by atoms with Gasteiger partial charge in [-0.1, -0.05) is 0 Å². The molecule has 0 aromatic carbocycles. The Bertz CT molecular complexity index is 266. The molecule has 0 amide bonds. The molecular weight excluding hydrogens is 166 g/mol. The molecule has 13 heavy (non-hydrogen) atoms. The highest BCUT2D eigenvalue weighted by atomic mass is 16.3. The third kappa shape index (κ3) is 1.89. The van der Waals surface area contributed by atoms with Crippen LogP contribution in [0.1, 0.15) is 30.1 Å². The van der Waals surface area contributed by atoms with E-state index >= 15 is 0 Å². The van der Waals surface area contributed by atoms with Crippen molar-refractivity contribution in [3.63, 3.8) is 0 Å². The molecule has 2 heterocycles. The second kappa shape index (κ2) is 3.89. The molecule has 1 aliphatic heterocycles. The van der Waals surface area contributed by atoms with Crippen LogP contribution in [0.2, 0.25) is 0 Å². The van der Waals surface area contributed by atoms with Crippen LogP contribution in [0.3, 0.4) is 0 Å².